The molecule has 1 heterocycles. The molecule has 6 heteroatoms. The van der Waals surface area contributed by atoms with E-state index in [2.05, 4.69) is 10.3 Å². The SMILES string of the molecule is O=C(O)C1CCCCC1C(=O)Nc1nc2c(s1)CCC2. The first-order chi connectivity index (χ1) is 9.65. The number of carboxylic acids is 1. The zero-order valence-corrected chi connectivity index (χ0v) is 12.0. The Kier molecular flexibility index (Phi) is 3.74. The van der Waals surface area contributed by atoms with E-state index in [-0.39, 0.29) is 5.91 Å². The summed E-state index contributed by atoms with van der Waals surface area (Å²) in [6, 6.07) is 0. The number of anilines is 1. The average Bonchev–Trinajstić information content (AvgIpc) is 2.99. The Balaban J connectivity index is 1.69. The number of hydrogen-bond donors (Lipinski definition) is 2. The number of thiazole rings is 1. The molecular formula is C14H18N2O3S. The number of carbonyl (C=O) groups is 2. The highest BCUT2D eigenvalue weighted by atomic mass is 32.1. The van der Waals surface area contributed by atoms with Crippen LogP contribution in [0.15, 0.2) is 0 Å². The molecule has 2 N–H and O–H groups in total. The van der Waals surface area contributed by atoms with Crippen molar-refractivity contribution in [1.29, 1.82) is 0 Å². The van der Waals surface area contributed by atoms with E-state index in [4.69, 9.17) is 0 Å². The topological polar surface area (TPSA) is 79.3 Å². The quantitative estimate of drug-likeness (QED) is 0.897. The Labute approximate surface area is 121 Å². The fourth-order valence-electron chi connectivity index (χ4n) is 3.18. The molecule has 0 spiro atoms. The molecule has 108 valence electrons. The Hall–Kier alpha value is -1.43. The van der Waals surface area contributed by atoms with Crippen molar-refractivity contribution in [2.45, 2.75) is 44.9 Å². The van der Waals surface area contributed by atoms with Crippen LogP contribution in [0.4, 0.5) is 5.13 Å². The normalized spacial score (nSPS) is 25.2. The van der Waals surface area contributed by atoms with Gasteiger partial charge in [-0.1, -0.05) is 12.8 Å². The second-order valence-corrected chi connectivity index (χ2v) is 6.65. The van der Waals surface area contributed by atoms with Crippen LogP contribution in [0.2, 0.25) is 0 Å². The van der Waals surface area contributed by atoms with E-state index in [0.29, 0.717) is 18.0 Å². The number of aromatic nitrogens is 1. The molecule has 0 aromatic carbocycles. The molecule has 3 rings (SSSR count). The summed E-state index contributed by atoms with van der Waals surface area (Å²) in [6.07, 6.45) is 6.26. The summed E-state index contributed by atoms with van der Waals surface area (Å²) in [5.74, 6) is -1.99. The van der Waals surface area contributed by atoms with Gasteiger partial charge in [0.25, 0.3) is 0 Å². The fraction of sp³-hybridized carbons (Fsp3) is 0.643. The maximum Gasteiger partial charge on any atom is 0.307 e. The lowest BCUT2D eigenvalue weighted by molar-refractivity contribution is -0.147. The van der Waals surface area contributed by atoms with Crippen LogP contribution in [0.3, 0.4) is 0 Å². The Morgan fingerprint density at radius 1 is 1.15 bits per heavy atom. The smallest absolute Gasteiger partial charge is 0.307 e. The van der Waals surface area contributed by atoms with Crippen molar-refractivity contribution in [1.82, 2.24) is 4.98 Å². The monoisotopic (exact) mass is 294 g/mol. The van der Waals surface area contributed by atoms with Gasteiger partial charge in [-0.2, -0.15) is 0 Å². The second kappa shape index (κ2) is 5.52. The van der Waals surface area contributed by atoms with Crippen LogP contribution < -0.4 is 5.32 Å². The predicted octanol–water partition coefficient (Wildman–Crippen LogP) is 2.46. The molecule has 1 fully saturated rings. The maximum absolute atomic E-state index is 12.3. The van der Waals surface area contributed by atoms with Gasteiger partial charge in [0, 0.05) is 4.88 Å². The zero-order chi connectivity index (χ0) is 14.1. The Morgan fingerprint density at radius 3 is 2.60 bits per heavy atom. The minimum Gasteiger partial charge on any atom is -0.481 e. The number of nitrogens with one attached hydrogen (secondary N) is 1. The van der Waals surface area contributed by atoms with Gasteiger partial charge in [-0.15, -0.1) is 11.3 Å². The first kappa shape index (κ1) is 13.5. The Bertz CT molecular complexity index is 519. The van der Waals surface area contributed by atoms with Gasteiger partial charge in [0.15, 0.2) is 5.13 Å². The van der Waals surface area contributed by atoms with Crippen LogP contribution >= 0.6 is 11.3 Å². The third kappa shape index (κ3) is 2.57. The lowest BCUT2D eigenvalue weighted by Crippen LogP contribution is -2.36. The van der Waals surface area contributed by atoms with E-state index in [9.17, 15) is 14.7 Å². The van der Waals surface area contributed by atoms with Gasteiger partial charge in [-0.05, 0) is 32.1 Å². The highest BCUT2D eigenvalue weighted by molar-refractivity contribution is 7.15. The Morgan fingerprint density at radius 2 is 1.90 bits per heavy atom. The second-order valence-electron chi connectivity index (χ2n) is 5.57. The van der Waals surface area contributed by atoms with E-state index in [1.165, 1.54) is 16.2 Å². The number of rotatable bonds is 3. The highest BCUT2D eigenvalue weighted by Crippen LogP contribution is 2.33. The molecule has 2 unspecified atom stereocenters. The molecule has 0 radical (unpaired) electrons. The molecule has 0 aliphatic heterocycles. The van der Waals surface area contributed by atoms with Gasteiger partial charge in [0.05, 0.1) is 17.5 Å². The molecule has 5 nitrogen and oxygen atoms in total. The largest absolute Gasteiger partial charge is 0.481 e. The fourth-order valence-corrected chi connectivity index (χ4v) is 4.23. The van der Waals surface area contributed by atoms with Crippen LogP contribution in [0, 0.1) is 11.8 Å². The first-order valence-corrected chi connectivity index (χ1v) is 7.99. The number of aliphatic carboxylic acids is 1. The van der Waals surface area contributed by atoms with Gasteiger partial charge in [-0.3, -0.25) is 9.59 Å². The zero-order valence-electron chi connectivity index (χ0n) is 11.2. The van der Waals surface area contributed by atoms with E-state index >= 15 is 0 Å². The highest BCUT2D eigenvalue weighted by Gasteiger charge is 2.36. The van der Waals surface area contributed by atoms with Crippen LogP contribution in [-0.4, -0.2) is 22.0 Å². The molecule has 1 aromatic rings. The summed E-state index contributed by atoms with van der Waals surface area (Å²) in [7, 11) is 0. The van der Waals surface area contributed by atoms with Gasteiger partial charge < -0.3 is 10.4 Å². The molecule has 0 bridgehead atoms. The summed E-state index contributed by atoms with van der Waals surface area (Å²) < 4.78 is 0. The molecule has 20 heavy (non-hydrogen) atoms. The number of fused-ring (bicyclic) bond motifs is 1. The van der Waals surface area contributed by atoms with Crippen molar-refractivity contribution in [2.24, 2.45) is 11.8 Å². The average molecular weight is 294 g/mol. The molecule has 0 saturated heterocycles. The van der Waals surface area contributed by atoms with E-state index in [1.54, 1.807) is 0 Å². The summed E-state index contributed by atoms with van der Waals surface area (Å²) >= 11 is 1.53. The van der Waals surface area contributed by atoms with Gasteiger partial charge in [-0.25, -0.2) is 4.98 Å². The minimum atomic E-state index is -0.855. The van der Waals surface area contributed by atoms with Crippen LogP contribution in [0.5, 0.6) is 0 Å². The maximum atomic E-state index is 12.3. The van der Waals surface area contributed by atoms with Crippen LogP contribution in [0.25, 0.3) is 0 Å². The van der Waals surface area contributed by atoms with Crippen molar-refractivity contribution < 1.29 is 14.7 Å². The molecule has 2 atom stereocenters. The minimum absolute atomic E-state index is 0.176. The van der Waals surface area contributed by atoms with E-state index in [1.807, 2.05) is 0 Å². The van der Waals surface area contributed by atoms with Crippen LogP contribution in [-0.2, 0) is 22.4 Å². The van der Waals surface area contributed by atoms with Crippen molar-refractivity contribution >= 4 is 28.3 Å². The molecule has 1 aromatic heterocycles. The van der Waals surface area contributed by atoms with Gasteiger partial charge in [0.1, 0.15) is 0 Å². The lowest BCUT2D eigenvalue weighted by atomic mass is 9.79. The van der Waals surface area contributed by atoms with Gasteiger partial charge >= 0.3 is 5.97 Å². The van der Waals surface area contributed by atoms with E-state index < -0.39 is 17.8 Å². The lowest BCUT2D eigenvalue weighted by Gasteiger charge is -2.26. The number of carbonyl (C=O) groups excluding carboxylic acids is 1. The summed E-state index contributed by atoms with van der Waals surface area (Å²) in [4.78, 5) is 29.2. The number of amides is 1. The first-order valence-electron chi connectivity index (χ1n) is 7.17. The third-order valence-electron chi connectivity index (χ3n) is 4.25. The number of nitrogens with zero attached hydrogens (tertiary/aromatic N) is 1. The van der Waals surface area contributed by atoms with Crippen molar-refractivity contribution in [3.05, 3.63) is 10.6 Å². The van der Waals surface area contributed by atoms with Gasteiger partial charge in [0.2, 0.25) is 5.91 Å². The molecule has 1 saturated carbocycles. The third-order valence-corrected chi connectivity index (χ3v) is 5.32. The molecule has 1 amide bonds. The number of hydrogen-bond acceptors (Lipinski definition) is 4. The predicted molar refractivity (Wildman–Crippen MR) is 75.9 cm³/mol. The van der Waals surface area contributed by atoms with Crippen molar-refractivity contribution in [3.63, 3.8) is 0 Å². The summed E-state index contributed by atoms with van der Waals surface area (Å²) in [5, 5.41) is 12.7. The number of aryl methyl sites for hydroxylation is 2. The molecular weight excluding hydrogens is 276 g/mol. The standard InChI is InChI=1S/C14H18N2O3S/c17-12(8-4-1-2-5-9(8)13(18)19)16-14-15-10-6-3-7-11(10)20-14/h8-9H,1-7H2,(H,18,19)(H,15,16,17). The molecule has 2 aliphatic carbocycles. The number of carboxylic acid groups (broad SMARTS) is 1. The van der Waals surface area contributed by atoms with Crippen molar-refractivity contribution in [3.8, 4) is 0 Å². The van der Waals surface area contributed by atoms with Crippen molar-refractivity contribution in [2.75, 3.05) is 5.32 Å². The molecule has 2 aliphatic rings. The summed E-state index contributed by atoms with van der Waals surface area (Å²) in [6.45, 7) is 0. The summed E-state index contributed by atoms with van der Waals surface area (Å²) in [5.41, 5.74) is 1.10. The van der Waals surface area contributed by atoms with E-state index in [0.717, 1.165) is 37.8 Å². The van der Waals surface area contributed by atoms with Crippen LogP contribution in [0.1, 0.15) is 42.7 Å².